The second-order valence-corrected chi connectivity index (χ2v) is 4.62. The van der Waals surface area contributed by atoms with Gasteiger partial charge in [-0.15, -0.1) is 6.58 Å². The van der Waals surface area contributed by atoms with Crippen LogP contribution in [0.3, 0.4) is 0 Å². The molecule has 1 rings (SSSR count). The average molecular weight is 289 g/mol. The molecule has 0 radical (unpaired) electrons. The van der Waals surface area contributed by atoms with Crippen molar-refractivity contribution in [3.05, 3.63) is 45.9 Å². The van der Waals surface area contributed by atoms with Crippen LogP contribution in [0.5, 0.6) is 0 Å². The Morgan fingerprint density at radius 2 is 2.33 bits per heavy atom. The predicted octanol–water partition coefficient (Wildman–Crippen LogP) is 4.33. The number of rotatable bonds is 5. The van der Waals surface area contributed by atoms with Crippen LogP contribution in [-0.2, 0) is 0 Å². The molecule has 0 spiro atoms. The zero-order valence-electron chi connectivity index (χ0n) is 8.76. The summed E-state index contributed by atoms with van der Waals surface area (Å²) in [7, 11) is 0. The Bertz CT molecular complexity index is 338. The van der Waals surface area contributed by atoms with E-state index in [1.807, 2.05) is 24.3 Å². The first-order valence-corrected chi connectivity index (χ1v) is 6.15. The van der Waals surface area contributed by atoms with Crippen molar-refractivity contribution in [3.8, 4) is 0 Å². The molecule has 1 N–H and O–H groups in total. The van der Waals surface area contributed by atoms with Gasteiger partial charge in [0.25, 0.3) is 0 Å². The molecule has 82 valence electrons. The van der Waals surface area contributed by atoms with E-state index in [1.54, 1.807) is 0 Å². The first-order chi connectivity index (χ1) is 7.19. The average Bonchev–Trinajstić information content (AvgIpc) is 2.17. The molecule has 0 aliphatic rings. The molecule has 0 saturated carbocycles. The minimum Gasteiger partial charge on any atom is -0.310 e. The van der Waals surface area contributed by atoms with Crippen LogP contribution in [0.4, 0.5) is 0 Å². The number of benzene rings is 1. The maximum absolute atomic E-state index is 6.19. The lowest BCUT2D eigenvalue weighted by molar-refractivity contribution is 0.559. The lowest BCUT2D eigenvalue weighted by atomic mass is 10.0. The highest BCUT2D eigenvalue weighted by Gasteiger charge is 2.11. The number of nitrogens with one attached hydrogen (secondary N) is 1. The summed E-state index contributed by atoms with van der Waals surface area (Å²) in [6, 6.07) is 6.23. The zero-order valence-corrected chi connectivity index (χ0v) is 11.1. The zero-order chi connectivity index (χ0) is 11.3. The Morgan fingerprint density at radius 3 is 2.87 bits per heavy atom. The van der Waals surface area contributed by atoms with E-state index in [9.17, 15) is 0 Å². The van der Waals surface area contributed by atoms with Gasteiger partial charge in [-0.25, -0.2) is 0 Å². The minimum absolute atomic E-state index is 0.257. The van der Waals surface area contributed by atoms with Crippen molar-refractivity contribution in [3.63, 3.8) is 0 Å². The molecular weight excluding hydrogens is 273 g/mol. The standard InChI is InChI=1S/C12H15BrClN/c1-3-5-12(15-4-2)10-7-6-9(13)8-11(10)14/h3,6-8,12,15H,1,4-5H2,2H3. The molecule has 0 amide bonds. The van der Waals surface area contributed by atoms with Crippen molar-refractivity contribution in [2.75, 3.05) is 6.54 Å². The highest BCUT2D eigenvalue weighted by atomic mass is 79.9. The van der Waals surface area contributed by atoms with Crippen molar-refractivity contribution in [2.45, 2.75) is 19.4 Å². The van der Waals surface area contributed by atoms with Crippen LogP contribution in [0.1, 0.15) is 24.9 Å². The van der Waals surface area contributed by atoms with Gasteiger partial charge in [0.1, 0.15) is 0 Å². The van der Waals surface area contributed by atoms with Crippen LogP contribution in [-0.4, -0.2) is 6.54 Å². The maximum Gasteiger partial charge on any atom is 0.0465 e. The van der Waals surface area contributed by atoms with E-state index in [2.05, 4.69) is 34.7 Å². The number of hydrogen-bond donors (Lipinski definition) is 1. The molecule has 1 aromatic rings. The topological polar surface area (TPSA) is 12.0 Å². The molecular formula is C12H15BrClN. The summed E-state index contributed by atoms with van der Waals surface area (Å²) in [6.07, 6.45) is 2.79. The van der Waals surface area contributed by atoms with Gasteiger partial charge in [0.05, 0.1) is 0 Å². The fourth-order valence-electron chi connectivity index (χ4n) is 1.52. The van der Waals surface area contributed by atoms with Gasteiger partial charge >= 0.3 is 0 Å². The second kappa shape index (κ2) is 6.31. The summed E-state index contributed by atoms with van der Waals surface area (Å²) in [5, 5.41) is 4.18. The third-order valence-electron chi connectivity index (χ3n) is 2.19. The summed E-state index contributed by atoms with van der Waals surface area (Å²) >= 11 is 9.59. The van der Waals surface area contributed by atoms with E-state index in [1.165, 1.54) is 0 Å². The van der Waals surface area contributed by atoms with Crippen molar-refractivity contribution in [1.29, 1.82) is 0 Å². The van der Waals surface area contributed by atoms with E-state index in [4.69, 9.17) is 11.6 Å². The number of hydrogen-bond acceptors (Lipinski definition) is 1. The van der Waals surface area contributed by atoms with Gasteiger partial charge in [0.15, 0.2) is 0 Å². The SMILES string of the molecule is C=CCC(NCC)c1ccc(Br)cc1Cl. The number of halogens is 2. The van der Waals surface area contributed by atoms with Crippen molar-refractivity contribution < 1.29 is 0 Å². The Kier molecular flexibility index (Phi) is 5.37. The molecule has 0 bridgehead atoms. The first-order valence-electron chi connectivity index (χ1n) is 4.98. The summed E-state index contributed by atoms with van der Waals surface area (Å²) in [5.41, 5.74) is 1.13. The fourth-order valence-corrected chi connectivity index (χ4v) is 2.32. The van der Waals surface area contributed by atoms with E-state index in [0.29, 0.717) is 0 Å². The van der Waals surface area contributed by atoms with Crippen LogP contribution in [0.2, 0.25) is 5.02 Å². The van der Waals surface area contributed by atoms with E-state index >= 15 is 0 Å². The van der Waals surface area contributed by atoms with Crippen molar-refractivity contribution in [1.82, 2.24) is 5.32 Å². The van der Waals surface area contributed by atoms with E-state index in [0.717, 1.165) is 28.0 Å². The molecule has 0 aliphatic carbocycles. The maximum atomic E-state index is 6.19. The lowest BCUT2D eigenvalue weighted by Crippen LogP contribution is -2.20. The minimum atomic E-state index is 0.257. The van der Waals surface area contributed by atoms with Crippen LogP contribution < -0.4 is 5.32 Å². The highest BCUT2D eigenvalue weighted by Crippen LogP contribution is 2.28. The summed E-state index contributed by atoms with van der Waals surface area (Å²) in [6.45, 7) is 6.77. The van der Waals surface area contributed by atoms with E-state index < -0.39 is 0 Å². The Morgan fingerprint density at radius 1 is 1.60 bits per heavy atom. The van der Waals surface area contributed by atoms with Gasteiger partial charge in [-0.3, -0.25) is 0 Å². The molecule has 0 aliphatic heterocycles. The van der Waals surface area contributed by atoms with Crippen LogP contribution in [0, 0.1) is 0 Å². The monoisotopic (exact) mass is 287 g/mol. The molecule has 0 saturated heterocycles. The molecule has 0 fully saturated rings. The quantitative estimate of drug-likeness (QED) is 0.795. The third-order valence-corrected chi connectivity index (χ3v) is 3.01. The first kappa shape index (κ1) is 12.8. The highest BCUT2D eigenvalue weighted by molar-refractivity contribution is 9.10. The molecule has 0 aromatic heterocycles. The summed E-state index contributed by atoms with van der Waals surface area (Å²) in [5.74, 6) is 0. The van der Waals surface area contributed by atoms with Crippen LogP contribution in [0.15, 0.2) is 35.3 Å². The van der Waals surface area contributed by atoms with E-state index in [-0.39, 0.29) is 6.04 Å². The van der Waals surface area contributed by atoms with Crippen LogP contribution in [0.25, 0.3) is 0 Å². The summed E-state index contributed by atoms with van der Waals surface area (Å²) in [4.78, 5) is 0. The van der Waals surface area contributed by atoms with Gasteiger partial charge in [0, 0.05) is 15.5 Å². The lowest BCUT2D eigenvalue weighted by Gasteiger charge is -2.18. The predicted molar refractivity (Wildman–Crippen MR) is 70.4 cm³/mol. The molecule has 0 heterocycles. The van der Waals surface area contributed by atoms with Crippen molar-refractivity contribution >= 4 is 27.5 Å². The third kappa shape index (κ3) is 3.63. The molecule has 1 unspecified atom stereocenters. The van der Waals surface area contributed by atoms with Gasteiger partial charge in [0.2, 0.25) is 0 Å². The fraction of sp³-hybridized carbons (Fsp3) is 0.333. The molecule has 1 atom stereocenters. The van der Waals surface area contributed by atoms with Crippen LogP contribution >= 0.6 is 27.5 Å². The Hall–Kier alpha value is -0.310. The smallest absolute Gasteiger partial charge is 0.0465 e. The molecule has 15 heavy (non-hydrogen) atoms. The summed E-state index contributed by atoms with van der Waals surface area (Å²) < 4.78 is 1.00. The molecule has 1 aromatic carbocycles. The van der Waals surface area contributed by atoms with Gasteiger partial charge in [-0.1, -0.05) is 46.6 Å². The second-order valence-electron chi connectivity index (χ2n) is 3.30. The molecule has 3 heteroatoms. The molecule has 1 nitrogen and oxygen atoms in total. The largest absolute Gasteiger partial charge is 0.310 e. The van der Waals surface area contributed by atoms with Gasteiger partial charge in [-0.2, -0.15) is 0 Å². The Balaban J connectivity index is 2.94. The van der Waals surface area contributed by atoms with Gasteiger partial charge < -0.3 is 5.32 Å². The Labute approximate surface area is 105 Å². The normalized spacial score (nSPS) is 12.5. The van der Waals surface area contributed by atoms with Crippen molar-refractivity contribution in [2.24, 2.45) is 0 Å². The van der Waals surface area contributed by atoms with Gasteiger partial charge in [-0.05, 0) is 30.7 Å².